The number of hydrogen-bond donors (Lipinski definition) is 2. The molecule has 1 fully saturated rings. The van der Waals surface area contributed by atoms with Crippen molar-refractivity contribution in [1.29, 1.82) is 0 Å². The zero-order valence-electron chi connectivity index (χ0n) is 14.5. The van der Waals surface area contributed by atoms with Crippen LogP contribution in [-0.4, -0.2) is 34.6 Å². The molecule has 1 heterocycles. The Morgan fingerprint density at radius 1 is 1.17 bits per heavy atom. The van der Waals surface area contributed by atoms with E-state index in [-0.39, 0.29) is 10.7 Å². The van der Waals surface area contributed by atoms with Gasteiger partial charge in [0.15, 0.2) is 11.7 Å². The number of carbonyl (C=O) groups is 3. The molecule has 0 aliphatic carbocycles. The average Bonchev–Trinajstić information content (AvgIpc) is 2.65. The number of carboxylic acid groups (broad SMARTS) is 1. The highest BCUT2D eigenvalue weighted by atomic mass is 127. The van der Waals surface area contributed by atoms with Crippen LogP contribution >= 0.6 is 57.4 Å². The van der Waals surface area contributed by atoms with Gasteiger partial charge in [0.2, 0.25) is 0 Å². The molecule has 1 aliphatic heterocycles. The summed E-state index contributed by atoms with van der Waals surface area (Å²) in [5.41, 5.74) is 1.09. The van der Waals surface area contributed by atoms with E-state index in [1.807, 2.05) is 51.2 Å². The van der Waals surface area contributed by atoms with E-state index in [1.165, 1.54) is 11.0 Å². The van der Waals surface area contributed by atoms with Gasteiger partial charge in [-0.05, 0) is 93.3 Å². The quantitative estimate of drug-likeness (QED) is 0.227. The molecular weight excluding hydrogens is 622 g/mol. The summed E-state index contributed by atoms with van der Waals surface area (Å²) in [4.78, 5) is 37.4. The van der Waals surface area contributed by atoms with Crippen LogP contribution in [-0.2, 0) is 14.4 Å². The molecule has 0 atom stereocenters. The van der Waals surface area contributed by atoms with Gasteiger partial charge in [-0.25, -0.2) is 4.79 Å². The molecule has 2 aromatic carbocycles. The summed E-state index contributed by atoms with van der Waals surface area (Å²) >= 11 is 9.19. The van der Waals surface area contributed by atoms with Gasteiger partial charge in [-0.15, -0.1) is 0 Å². The Morgan fingerprint density at radius 3 is 2.38 bits per heavy atom. The minimum absolute atomic E-state index is 0.0185. The molecule has 1 aliphatic rings. The maximum Gasteiger partial charge on any atom is 0.341 e. The number of halogens is 2. The monoisotopic (exact) mass is 634 g/mol. The molecule has 148 valence electrons. The fourth-order valence-corrected chi connectivity index (χ4v) is 4.98. The fraction of sp³-hybridized carbons (Fsp3) is 0.0526. The second-order valence-corrected chi connectivity index (χ2v) is 8.50. The molecule has 1 saturated heterocycles. The van der Waals surface area contributed by atoms with E-state index in [4.69, 9.17) is 22.1 Å². The molecule has 2 aromatic rings. The number of benzene rings is 2. The predicted octanol–water partition coefficient (Wildman–Crippen LogP) is 3.19. The molecule has 0 saturated carbocycles. The van der Waals surface area contributed by atoms with Gasteiger partial charge in [-0.3, -0.25) is 19.8 Å². The molecule has 3 rings (SSSR count). The number of amides is 2. The third-order valence-electron chi connectivity index (χ3n) is 3.79. The van der Waals surface area contributed by atoms with Crippen LogP contribution in [0, 0.1) is 7.14 Å². The van der Waals surface area contributed by atoms with Gasteiger partial charge in [-0.2, -0.15) is 0 Å². The van der Waals surface area contributed by atoms with Crippen molar-refractivity contribution >= 4 is 92.1 Å². The molecule has 0 spiro atoms. The topological polar surface area (TPSA) is 95.9 Å². The zero-order chi connectivity index (χ0) is 21.1. The number of hydrogen-bond acceptors (Lipinski definition) is 5. The summed E-state index contributed by atoms with van der Waals surface area (Å²) in [7, 11) is 0. The zero-order valence-corrected chi connectivity index (χ0v) is 19.6. The van der Waals surface area contributed by atoms with Crippen LogP contribution in [0.25, 0.3) is 6.08 Å². The number of thiocarbonyl (C=S) groups is 1. The summed E-state index contributed by atoms with van der Waals surface area (Å²) in [6.45, 7) is -0.461. The lowest BCUT2D eigenvalue weighted by Crippen LogP contribution is -2.54. The Labute approximate surface area is 198 Å². The SMILES string of the molecule is O=C(O)COc1c(I)cc(C=C2C(=O)NC(=S)N(c3ccccc3)C2=O)cc1I. The maximum absolute atomic E-state index is 13.0. The molecule has 0 radical (unpaired) electrons. The van der Waals surface area contributed by atoms with Gasteiger partial charge in [0.1, 0.15) is 11.3 Å². The number of nitrogens with one attached hydrogen (secondary N) is 1. The van der Waals surface area contributed by atoms with Crippen LogP contribution in [0.1, 0.15) is 5.56 Å². The lowest BCUT2D eigenvalue weighted by atomic mass is 10.1. The Bertz CT molecular complexity index is 1030. The molecule has 0 unspecified atom stereocenters. The van der Waals surface area contributed by atoms with Crippen LogP contribution in [0.2, 0.25) is 0 Å². The molecule has 2 amide bonds. The lowest BCUT2D eigenvalue weighted by molar-refractivity contribution is -0.139. The van der Waals surface area contributed by atoms with Crippen LogP contribution in [0.15, 0.2) is 48.0 Å². The Morgan fingerprint density at radius 2 is 1.79 bits per heavy atom. The molecule has 10 heteroatoms. The van der Waals surface area contributed by atoms with Crippen molar-refractivity contribution in [3.05, 3.63) is 60.7 Å². The van der Waals surface area contributed by atoms with Crippen molar-refractivity contribution in [1.82, 2.24) is 5.32 Å². The third kappa shape index (κ3) is 4.93. The van der Waals surface area contributed by atoms with Crippen molar-refractivity contribution < 1.29 is 24.2 Å². The first-order valence-corrected chi connectivity index (χ1v) is 10.6. The number of carboxylic acids is 1. The van der Waals surface area contributed by atoms with Gasteiger partial charge < -0.3 is 9.84 Å². The van der Waals surface area contributed by atoms with Crippen LogP contribution in [0.5, 0.6) is 5.75 Å². The molecule has 0 bridgehead atoms. The van der Waals surface area contributed by atoms with Gasteiger partial charge in [-0.1, -0.05) is 18.2 Å². The Kier molecular flexibility index (Phi) is 6.85. The molecular formula is C19H12I2N2O5S. The average molecular weight is 634 g/mol. The highest BCUT2D eigenvalue weighted by Crippen LogP contribution is 2.30. The van der Waals surface area contributed by atoms with Crippen molar-refractivity contribution in [3.63, 3.8) is 0 Å². The normalized spacial score (nSPS) is 15.4. The number of anilines is 1. The summed E-state index contributed by atoms with van der Waals surface area (Å²) in [5.74, 6) is -1.75. The van der Waals surface area contributed by atoms with Crippen molar-refractivity contribution in [2.45, 2.75) is 0 Å². The number of aliphatic carboxylic acids is 1. The minimum Gasteiger partial charge on any atom is -0.480 e. The van der Waals surface area contributed by atoms with E-state index in [0.717, 1.165) is 0 Å². The molecule has 2 N–H and O–H groups in total. The fourth-order valence-electron chi connectivity index (χ4n) is 2.57. The first-order valence-electron chi connectivity index (χ1n) is 8.08. The van der Waals surface area contributed by atoms with E-state index in [0.29, 0.717) is 24.1 Å². The van der Waals surface area contributed by atoms with Crippen molar-refractivity contribution in [2.24, 2.45) is 0 Å². The van der Waals surface area contributed by atoms with Gasteiger partial charge in [0.05, 0.1) is 12.8 Å². The second kappa shape index (κ2) is 9.17. The summed E-state index contributed by atoms with van der Waals surface area (Å²) in [6.07, 6.45) is 1.47. The standard InChI is InChI=1S/C19H12I2N2O5S/c20-13-7-10(8-14(21)16(13)28-9-15(24)25)6-12-17(26)22-19(29)23(18(12)27)11-4-2-1-3-5-11/h1-8H,9H2,(H,24,25)(H,22,26,29). The first-order chi connectivity index (χ1) is 13.8. The molecule has 29 heavy (non-hydrogen) atoms. The number of rotatable bonds is 5. The van der Waals surface area contributed by atoms with Crippen LogP contribution in [0.4, 0.5) is 5.69 Å². The van der Waals surface area contributed by atoms with E-state index >= 15 is 0 Å². The van der Waals surface area contributed by atoms with Gasteiger partial charge in [0, 0.05) is 0 Å². The Hall–Kier alpha value is -2.06. The highest BCUT2D eigenvalue weighted by Gasteiger charge is 2.34. The summed E-state index contributed by atoms with van der Waals surface area (Å²) in [5, 5.41) is 11.3. The van der Waals surface area contributed by atoms with E-state index in [1.54, 1.807) is 36.4 Å². The lowest BCUT2D eigenvalue weighted by Gasteiger charge is -2.28. The smallest absolute Gasteiger partial charge is 0.341 e. The number of para-hydroxylation sites is 1. The summed E-state index contributed by atoms with van der Waals surface area (Å²) in [6, 6.07) is 12.2. The second-order valence-electron chi connectivity index (χ2n) is 5.79. The van der Waals surface area contributed by atoms with Crippen molar-refractivity contribution in [2.75, 3.05) is 11.5 Å². The molecule has 0 aromatic heterocycles. The largest absolute Gasteiger partial charge is 0.480 e. The summed E-state index contributed by atoms with van der Waals surface area (Å²) < 4.78 is 6.61. The predicted molar refractivity (Wildman–Crippen MR) is 128 cm³/mol. The van der Waals surface area contributed by atoms with Crippen LogP contribution < -0.4 is 15.0 Å². The maximum atomic E-state index is 13.0. The van der Waals surface area contributed by atoms with Crippen LogP contribution in [0.3, 0.4) is 0 Å². The number of ether oxygens (including phenoxy) is 1. The van der Waals surface area contributed by atoms with E-state index in [9.17, 15) is 14.4 Å². The van der Waals surface area contributed by atoms with E-state index in [2.05, 4.69) is 5.32 Å². The Balaban J connectivity index is 1.96. The highest BCUT2D eigenvalue weighted by molar-refractivity contribution is 14.1. The number of carbonyl (C=O) groups excluding carboxylic acids is 2. The number of nitrogens with zero attached hydrogens (tertiary/aromatic N) is 1. The van der Waals surface area contributed by atoms with Gasteiger partial charge in [0.25, 0.3) is 11.8 Å². The minimum atomic E-state index is -1.08. The van der Waals surface area contributed by atoms with Crippen molar-refractivity contribution in [3.8, 4) is 5.75 Å². The molecule has 7 nitrogen and oxygen atoms in total. The van der Waals surface area contributed by atoms with E-state index < -0.39 is 24.4 Å². The van der Waals surface area contributed by atoms with Gasteiger partial charge >= 0.3 is 5.97 Å². The first kappa shape index (κ1) is 21.6. The third-order valence-corrected chi connectivity index (χ3v) is 5.67.